The summed E-state index contributed by atoms with van der Waals surface area (Å²) in [4.78, 5) is 5.10. The van der Waals surface area contributed by atoms with Crippen LogP contribution < -0.4 is 5.73 Å². The summed E-state index contributed by atoms with van der Waals surface area (Å²) in [5.74, 6) is 0. The fourth-order valence-corrected chi connectivity index (χ4v) is 2.35. The van der Waals surface area contributed by atoms with Crippen LogP contribution in [-0.2, 0) is 19.4 Å². The third-order valence-electron chi connectivity index (χ3n) is 3.75. The maximum absolute atomic E-state index is 5.75. The van der Waals surface area contributed by atoms with E-state index < -0.39 is 0 Å². The SMILES string of the molecule is CC(C)(CCn1cnc2c1CCCC2)C(N)=S. The summed E-state index contributed by atoms with van der Waals surface area (Å²) in [5, 5.41) is 0. The lowest BCUT2D eigenvalue weighted by Crippen LogP contribution is -2.31. The topological polar surface area (TPSA) is 43.8 Å². The largest absolute Gasteiger partial charge is 0.393 e. The maximum atomic E-state index is 5.75. The molecule has 0 spiro atoms. The first kappa shape index (κ1) is 12.6. The molecule has 94 valence electrons. The number of aryl methyl sites for hydroxylation is 2. The molecule has 0 aliphatic heterocycles. The van der Waals surface area contributed by atoms with Gasteiger partial charge >= 0.3 is 0 Å². The summed E-state index contributed by atoms with van der Waals surface area (Å²) in [6, 6.07) is 0. The second-order valence-electron chi connectivity index (χ2n) is 5.54. The summed E-state index contributed by atoms with van der Waals surface area (Å²) < 4.78 is 2.29. The fraction of sp³-hybridized carbons (Fsp3) is 0.692. The Morgan fingerprint density at radius 2 is 2.18 bits per heavy atom. The van der Waals surface area contributed by atoms with Gasteiger partial charge in [-0.15, -0.1) is 0 Å². The first-order valence-corrected chi connectivity index (χ1v) is 6.74. The lowest BCUT2D eigenvalue weighted by Gasteiger charge is -2.24. The van der Waals surface area contributed by atoms with Crippen molar-refractivity contribution in [3.8, 4) is 0 Å². The van der Waals surface area contributed by atoms with Gasteiger partial charge in [0.2, 0.25) is 0 Å². The second-order valence-corrected chi connectivity index (χ2v) is 5.98. The van der Waals surface area contributed by atoms with Crippen LogP contribution in [0.4, 0.5) is 0 Å². The molecule has 4 heteroatoms. The van der Waals surface area contributed by atoms with E-state index in [0.29, 0.717) is 4.99 Å². The van der Waals surface area contributed by atoms with Crippen LogP contribution in [0, 0.1) is 5.41 Å². The van der Waals surface area contributed by atoms with Crippen LogP contribution in [0.2, 0.25) is 0 Å². The van der Waals surface area contributed by atoms with Gasteiger partial charge < -0.3 is 10.3 Å². The fourth-order valence-electron chi connectivity index (χ4n) is 2.25. The number of thiocarbonyl (C=S) groups is 1. The van der Waals surface area contributed by atoms with Crippen molar-refractivity contribution in [1.29, 1.82) is 0 Å². The zero-order chi connectivity index (χ0) is 12.5. The first-order chi connectivity index (χ1) is 8.00. The third-order valence-corrected chi connectivity index (χ3v) is 4.31. The molecule has 0 saturated heterocycles. The molecule has 0 fully saturated rings. The molecule has 0 aromatic carbocycles. The number of rotatable bonds is 4. The Bertz CT molecular complexity index is 420. The lowest BCUT2D eigenvalue weighted by atomic mass is 9.89. The van der Waals surface area contributed by atoms with E-state index in [-0.39, 0.29) is 5.41 Å². The van der Waals surface area contributed by atoms with Crippen molar-refractivity contribution in [1.82, 2.24) is 9.55 Å². The van der Waals surface area contributed by atoms with Gasteiger partial charge in [0.05, 0.1) is 17.0 Å². The van der Waals surface area contributed by atoms with Gasteiger partial charge in [-0.25, -0.2) is 4.98 Å². The van der Waals surface area contributed by atoms with Gasteiger partial charge in [-0.3, -0.25) is 0 Å². The van der Waals surface area contributed by atoms with Crippen molar-refractivity contribution in [2.75, 3.05) is 0 Å². The Kier molecular flexibility index (Phi) is 3.52. The van der Waals surface area contributed by atoms with Crippen molar-refractivity contribution in [3.63, 3.8) is 0 Å². The van der Waals surface area contributed by atoms with Gasteiger partial charge in [-0.1, -0.05) is 26.1 Å². The first-order valence-electron chi connectivity index (χ1n) is 6.33. The summed E-state index contributed by atoms with van der Waals surface area (Å²) in [7, 11) is 0. The molecule has 1 aromatic heterocycles. The minimum Gasteiger partial charge on any atom is -0.393 e. The molecular formula is C13H21N3S. The minimum atomic E-state index is -0.0683. The molecule has 1 heterocycles. The number of aromatic nitrogens is 2. The van der Waals surface area contributed by atoms with E-state index in [4.69, 9.17) is 18.0 Å². The van der Waals surface area contributed by atoms with Gasteiger partial charge in [0.1, 0.15) is 0 Å². The van der Waals surface area contributed by atoms with Crippen LogP contribution in [0.15, 0.2) is 6.33 Å². The van der Waals surface area contributed by atoms with Gasteiger partial charge in [0.25, 0.3) is 0 Å². The summed E-state index contributed by atoms with van der Waals surface area (Å²) in [5.41, 5.74) is 8.41. The van der Waals surface area contributed by atoms with E-state index in [2.05, 4.69) is 23.4 Å². The Hall–Kier alpha value is -0.900. The highest BCUT2D eigenvalue weighted by molar-refractivity contribution is 7.80. The monoisotopic (exact) mass is 251 g/mol. The van der Waals surface area contributed by atoms with Crippen molar-refractivity contribution in [3.05, 3.63) is 17.7 Å². The summed E-state index contributed by atoms with van der Waals surface area (Å²) in [6.45, 7) is 5.18. The minimum absolute atomic E-state index is 0.0683. The molecular weight excluding hydrogens is 230 g/mol. The van der Waals surface area contributed by atoms with E-state index in [1.165, 1.54) is 30.7 Å². The molecule has 2 N–H and O–H groups in total. The highest BCUT2D eigenvalue weighted by Gasteiger charge is 2.22. The molecule has 17 heavy (non-hydrogen) atoms. The van der Waals surface area contributed by atoms with E-state index in [9.17, 15) is 0 Å². The quantitative estimate of drug-likeness (QED) is 0.836. The van der Waals surface area contributed by atoms with Crippen LogP contribution in [0.3, 0.4) is 0 Å². The molecule has 1 aliphatic rings. The van der Waals surface area contributed by atoms with Crippen LogP contribution in [0.5, 0.6) is 0 Å². The van der Waals surface area contributed by atoms with Crippen LogP contribution in [-0.4, -0.2) is 14.5 Å². The summed E-state index contributed by atoms with van der Waals surface area (Å²) >= 11 is 5.10. The van der Waals surface area contributed by atoms with Crippen molar-refractivity contribution in [2.24, 2.45) is 11.1 Å². The number of hydrogen-bond acceptors (Lipinski definition) is 2. The third kappa shape index (κ3) is 2.68. The van der Waals surface area contributed by atoms with Crippen LogP contribution in [0.1, 0.15) is 44.5 Å². The molecule has 0 radical (unpaired) electrons. The zero-order valence-electron chi connectivity index (χ0n) is 10.7. The smallest absolute Gasteiger partial charge is 0.0951 e. The highest BCUT2D eigenvalue weighted by atomic mass is 32.1. The predicted molar refractivity (Wildman–Crippen MR) is 74.1 cm³/mol. The standard InChI is InChI=1S/C13H21N3S/c1-13(2,12(14)17)7-8-16-9-15-10-5-3-4-6-11(10)16/h9H,3-8H2,1-2H3,(H2,14,17). The average molecular weight is 251 g/mol. The van der Waals surface area contributed by atoms with Crippen molar-refractivity contribution < 1.29 is 0 Å². The van der Waals surface area contributed by atoms with E-state index in [0.717, 1.165) is 19.4 Å². The Balaban J connectivity index is 2.05. The molecule has 1 aliphatic carbocycles. The van der Waals surface area contributed by atoms with Crippen molar-refractivity contribution in [2.45, 2.75) is 52.5 Å². The Labute approximate surface area is 108 Å². The molecule has 3 nitrogen and oxygen atoms in total. The zero-order valence-corrected chi connectivity index (χ0v) is 11.5. The van der Waals surface area contributed by atoms with E-state index in [1.807, 2.05) is 6.33 Å². The Morgan fingerprint density at radius 3 is 2.88 bits per heavy atom. The van der Waals surface area contributed by atoms with Gasteiger partial charge in [0, 0.05) is 17.7 Å². The van der Waals surface area contributed by atoms with Gasteiger partial charge in [0.15, 0.2) is 0 Å². The van der Waals surface area contributed by atoms with Gasteiger partial charge in [-0.05, 0) is 32.1 Å². The molecule has 0 amide bonds. The maximum Gasteiger partial charge on any atom is 0.0951 e. The molecule has 1 aromatic rings. The normalized spacial score (nSPS) is 15.6. The number of fused-ring (bicyclic) bond motifs is 1. The van der Waals surface area contributed by atoms with Gasteiger partial charge in [-0.2, -0.15) is 0 Å². The van der Waals surface area contributed by atoms with E-state index in [1.54, 1.807) is 0 Å². The number of imidazole rings is 1. The molecule has 0 saturated carbocycles. The number of nitrogens with zero attached hydrogens (tertiary/aromatic N) is 2. The lowest BCUT2D eigenvalue weighted by molar-refractivity contribution is 0.427. The highest BCUT2D eigenvalue weighted by Crippen LogP contribution is 2.24. The van der Waals surface area contributed by atoms with Crippen LogP contribution in [0.25, 0.3) is 0 Å². The molecule has 0 bridgehead atoms. The second kappa shape index (κ2) is 4.77. The predicted octanol–water partition coefficient (Wildman–Crippen LogP) is 2.46. The molecule has 0 atom stereocenters. The number of hydrogen-bond donors (Lipinski definition) is 1. The number of nitrogens with two attached hydrogens (primary N) is 1. The molecule has 2 rings (SSSR count). The molecule has 0 unspecified atom stereocenters. The summed E-state index contributed by atoms with van der Waals surface area (Å²) in [6.07, 6.45) is 7.83. The van der Waals surface area contributed by atoms with Crippen LogP contribution >= 0.6 is 12.2 Å². The van der Waals surface area contributed by atoms with Crippen molar-refractivity contribution >= 4 is 17.2 Å². The Morgan fingerprint density at radius 1 is 1.47 bits per heavy atom. The average Bonchev–Trinajstić information content (AvgIpc) is 2.69. The van der Waals surface area contributed by atoms with E-state index >= 15 is 0 Å².